The highest BCUT2D eigenvalue weighted by Crippen LogP contribution is 2.18. The van der Waals surface area contributed by atoms with Crippen LogP contribution in [0.25, 0.3) is 0 Å². The van der Waals surface area contributed by atoms with Gasteiger partial charge in [-0.15, -0.1) is 0 Å². The molecule has 0 saturated carbocycles. The Bertz CT molecular complexity index is 370. The molecule has 1 aliphatic heterocycles. The van der Waals surface area contributed by atoms with Crippen molar-refractivity contribution in [3.8, 4) is 5.75 Å². The number of aromatic hydroxyl groups is 1. The number of phenolic OH excluding ortho intramolecular Hbond substituents is 1. The highest BCUT2D eigenvalue weighted by molar-refractivity contribution is 8.13. The summed E-state index contributed by atoms with van der Waals surface area (Å²) in [6.07, 6.45) is 1.80. The van der Waals surface area contributed by atoms with Crippen molar-refractivity contribution < 1.29 is 5.11 Å². The summed E-state index contributed by atoms with van der Waals surface area (Å²) in [5.41, 5.74) is 1.16. The average Bonchev–Trinajstić information content (AvgIpc) is 2.70. The minimum Gasteiger partial charge on any atom is -0.508 e. The third-order valence-electron chi connectivity index (χ3n) is 1.81. The fraction of sp³-hybridized carbons (Fsp3) is 0.200. The van der Waals surface area contributed by atoms with Gasteiger partial charge in [-0.3, -0.25) is 4.99 Å². The fourth-order valence-corrected chi connectivity index (χ4v) is 1.90. The van der Waals surface area contributed by atoms with Crippen LogP contribution in [0.5, 0.6) is 5.75 Å². The number of benzene rings is 1. The van der Waals surface area contributed by atoms with E-state index >= 15 is 0 Å². The van der Waals surface area contributed by atoms with Crippen LogP contribution < -0.4 is 0 Å². The van der Waals surface area contributed by atoms with Gasteiger partial charge in [0.25, 0.3) is 0 Å². The molecule has 72 valence electrons. The fourth-order valence-electron chi connectivity index (χ4n) is 1.10. The van der Waals surface area contributed by atoms with E-state index in [2.05, 4.69) is 9.98 Å². The van der Waals surface area contributed by atoms with Gasteiger partial charge in [-0.1, -0.05) is 23.9 Å². The lowest BCUT2D eigenvalue weighted by atomic mass is 10.2. The lowest BCUT2D eigenvalue weighted by Gasteiger charge is -1.99. The van der Waals surface area contributed by atoms with E-state index in [-0.39, 0.29) is 0 Å². The predicted octanol–water partition coefficient (Wildman–Crippen LogP) is 2.07. The van der Waals surface area contributed by atoms with Crippen LogP contribution in [0, 0.1) is 0 Å². The number of aliphatic imine (C=N–C) groups is 2. The van der Waals surface area contributed by atoms with Crippen LogP contribution >= 0.6 is 11.8 Å². The maximum Gasteiger partial charge on any atom is 0.183 e. The summed E-state index contributed by atoms with van der Waals surface area (Å²) in [6, 6.07) is 7.19. The van der Waals surface area contributed by atoms with Crippen molar-refractivity contribution in [3.63, 3.8) is 0 Å². The van der Waals surface area contributed by atoms with Gasteiger partial charge in [-0.2, -0.15) is 0 Å². The van der Waals surface area contributed by atoms with Crippen LogP contribution in [-0.4, -0.2) is 23.0 Å². The van der Waals surface area contributed by atoms with Crippen LogP contribution in [0.4, 0.5) is 0 Å². The molecular formula is C10H10N2OS. The molecule has 0 unspecified atom stereocenters. The predicted molar refractivity (Wildman–Crippen MR) is 60.2 cm³/mol. The molecule has 0 aliphatic carbocycles. The molecule has 1 heterocycles. The van der Waals surface area contributed by atoms with Crippen LogP contribution in [0.2, 0.25) is 0 Å². The molecule has 1 aliphatic rings. The normalized spacial score (nSPS) is 14.4. The Kier molecular flexibility index (Phi) is 2.84. The monoisotopic (exact) mass is 206 g/mol. The molecule has 14 heavy (non-hydrogen) atoms. The highest BCUT2D eigenvalue weighted by atomic mass is 32.2. The SMILES string of the molecule is Oc1ccc(CSC2=NCC=N2)cc1. The molecule has 0 fully saturated rings. The van der Waals surface area contributed by atoms with Crippen LogP contribution in [0.15, 0.2) is 34.3 Å². The summed E-state index contributed by atoms with van der Waals surface area (Å²) in [7, 11) is 0. The van der Waals surface area contributed by atoms with Crippen molar-refractivity contribution in [1.82, 2.24) is 0 Å². The summed E-state index contributed by atoms with van der Waals surface area (Å²) in [5.74, 6) is 1.14. The lowest BCUT2D eigenvalue weighted by molar-refractivity contribution is 0.475. The first-order valence-electron chi connectivity index (χ1n) is 4.32. The Balaban J connectivity index is 1.91. The molecular weight excluding hydrogens is 196 g/mol. The summed E-state index contributed by atoms with van der Waals surface area (Å²) in [6.45, 7) is 0.706. The van der Waals surface area contributed by atoms with E-state index in [9.17, 15) is 0 Å². The van der Waals surface area contributed by atoms with Gasteiger partial charge in [0.05, 0.1) is 6.54 Å². The number of hydrogen-bond acceptors (Lipinski definition) is 4. The van der Waals surface area contributed by atoms with Gasteiger partial charge in [0.15, 0.2) is 5.17 Å². The molecule has 0 spiro atoms. The van der Waals surface area contributed by atoms with E-state index in [0.29, 0.717) is 12.3 Å². The van der Waals surface area contributed by atoms with Gasteiger partial charge in [0.2, 0.25) is 0 Å². The van der Waals surface area contributed by atoms with Gasteiger partial charge in [-0.25, -0.2) is 4.99 Å². The van der Waals surface area contributed by atoms with E-state index < -0.39 is 0 Å². The molecule has 3 nitrogen and oxygen atoms in total. The molecule has 0 aromatic heterocycles. The molecule has 0 atom stereocenters. The second-order valence-corrected chi connectivity index (χ2v) is 3.83. The average molecular weight is 206 g/mol. The zero-order valence-corrected chi connectivity index (χ0v) is 8.37. The largest absolute Gasteiger partial charge is 0.508 e. The maximum absolute atomic E-state index is 9.08. The summed E-state index contributed by atoms with van der Waals surface area (Å²) < 4.78 is 0. The van der Waals surface area contributed by atoms with Crippen molar-refractivity contribution in [2.75, 3.05) is 6.54 Å². The van der Waals surface area contributed by atoms with Gasteiger partial charge < -0.3 is 5.11 Å². The smallest absolute Gasteiger partial charge is 0.183 e. The van der Waals surface area contributed by atoms with Gasteiger partial charge in [-0.05, 0) is 17.7 Å². The molecule has 0 bridgehead atoms. The number of nitrogens with zero attached hydrogens (tertiary/aromatic N) is 2. The number of thioether (sulfide) groups is 1. The summed E-state index contributed by atoms with van der Waals surface area (Å²) in [5, 5.41) is 9.93. The molecule has 4 heteroatoms. The number of rotatable bonds is 2. The first kappa shape index (κ1) is 9.27. The van der Waals surface area contributed by atoms with Crippen LogP contribution in [0.3, 0.4) is 0 Å². The molecule has 0 radical (unpaired) electrons. The van der Waals surface area contributed by atoms with Crippen molar-refractivity contribution >= 4 is 23.1 Å². The quantitative estimate of drug-likeness (QED) is 0.805. The van der Waals surface area contributed by atoms with Gasteiger partial charge in [0.1, 0.15) is 5.75 Å². The first-order valence-corrected chi connectivity index (χ1v) is 5.31. The molecule has 1 aromatic rings. The van der Waals surface area contributed by atoms with Crippen molar-refractivity contribution in [1.29, 1.82) is 0 Å². The molecule has 0 amide bonds. The van der Waals surface area contributed by atoms with Crippen molar-refractivity contribution in [3.05, 3.63) is 29.8 Å². The third-order valence-corrected chi connectivity index (χ3v) is 2.78. The van der Waals surface area contributed by atoms with Gasteiger partial charge >= 0.3 is 0 Å². The van der Waals surface area contributed by atoms with E-state index in [4.69, 9.17) is 5.11 Å². The van der Waals surface area contributed by atoms with E-state index in [0.717, 1.165) is 16.5 Å². The van der Waals surface area contributed by atoms with E-state index in [1.165, 1.54) is 0 Å². The minimum atomic E-state index is 0.301. The third kappa shape index (κ3) is 2.35. The van der Waals surface area contributed by atoms with Gasteiger partial charge in [0, 0.05) is 12.0 Å². The minimum absolute atomic E-state index is 0.301. The Morgan fingerprint density at radius 1 is 1.29 bits per heavy atom. The highest BCUT2D eigenvalue weighted by Gasteiger charge is 2.02. The van der Waals surface area contributed by atoms with Crippen molar-refractivity contribution in [2.45, 2.75) is 5.75 Å². The summed E-state index contributed by atoms with van der Waals surface area (Å²) in [4.78, 5) is 8.28. The Labute approximate surface area is 86.6 Å². The Morgan fingerprint density at radius 3 is 2.71 bits per heavy atom. The number of phenols is 1. The topological polar surface area (TPSA) is 45.0 Å². The lowest BCUT2D eigenvalue weighted by Crippen LogP contribution is -1.85. The second kappa shape index (κ2) is 4.28. The molecule has 1 N–H and O–H groups in total. The molecule has 2 rings (SSSR count). The molecule has 1 aromatic carbocycles. The van der Waals surface area contributed by atoms with Crippen molar-refractivity contribution in [2.24, 2.45) is 9.98 Å². The maximum atomic E-state index is 9.08. The zero-order chi connectivity index (χ0) is 9.80. The standard InChI is InChI=1S/C10H10N2OS/c13-9-3-1-8(2-4-9)7-14-10-11-5-6-12-10/h1-5,13H,6-7H2. The second-order valence-electron chi connectivity index (χ2n) is 2.89. The molecule has 0 saturated heterocycles. The van der Waals surface area contributed by atoms with Crippen LogP contribution in [-0.2, 0) is 5.75 Å². The van der Waals surface area contributed by atoms with E-state index in [1.807, 2.05) is 12.1 Å². The van der Waals surface area contributed by atoms with E-state index in [1.54, 1.807) is 30.1 Å². The summed E-state index contributed by atoms with van der Waals surface area (Å²) >= 11 is 1.61. The zero-order valence-electron chi connectivity index (χ0n) is 7.55. The Morgan fingerprint density at radius 2 is 2.07 bits per heavy atom. The number of hydrogen-bond donors (Lipinski definition) is 1. The Hall–Kier alpha value is -1.29. The number of amidine groups is 1. The van der Waals surface area contributed by atoms with Crippen LogP contribution in [0.1, 0.15) is 5.56 Å². The first-order chi connectivity index (χ1) is 6.84.